The van der Waals surface area contributed by atoms with E-state index in [2.05, 4.69) is 16.4 Å². The molecule has 0 unspecified atom stereocenters. The lowest BCUT2D eigenvalue weighted by Crippen LogP contribution is -2.45. The molecule has 1 aromatic heterocycles. The molecule has 2 heterocycles. The topological polar surface area (TPSA) is 74.4 Å². The Labute approximate surface area is 188 Å². The second-order valence-electron chi connectivity index (χ2n) is 8.43. The van der Waals surface area contributed by atoms with Crippen LogP contribution in [0.15, 0.2) is 54.7 Å². The van der Waals surface area contributed by atoms with Gasteiger partial charge in [-0.3, -0.25) is 9.59 Å². The lowest BCUT2D eigenvalue weighted by atomic mass is 9.96. The standard InChI is InChI=1S/C26H31N3O3/c1-32-22-11-8-19(9-12-22)14-15-27-26(31)21-5-4-16-29(18-21)25(30)13-10-20-17-28-24-7-3-2-6-23(20)24/h2-3,6-9,11-12,17,21,28H,4-5,10,13-16,18H2,1H3,(H,27,31)/t21-/m1/s1. The van der Waals surface area contributed by atoms with Gasteiger partial charge in [-0.1, -0.05) is 30.3 Å². The summed E-state index contributed by atoms with van der Waals surface area (Å²) in [5, 5.41) is 4.23. The number of aromatic nitrogens is 1. The van der Waals surface area contributed by atoms with Crippen molar-refractivity contribution in [2.45, 2.75) is 32.1 Å². The molecule has 3 aromatic rings. The van der Waals surface area contributed by atoms with Crippen molar-refractivity contribution in [1.82, 2.24) is 15.2 Å². The first kappa shape index (κ1) is 21.9. The van der Waals surface area contributed by atoms with Crippen molar-refractivity contribution in [3.63, 3.8) is 0 Å². The SMILES string of the molecule is COc1ccc(CCNC(=O)[C@@H]2CCCN(C(=O)CCc3c[nH]c4ccccc34)C2)cc1. The lowest BCUT2D eigenvalue weighted by Gasteiger charge is -2.32. The first-order valence-electron chi connectivity index (χ1n) is 11.4. The van der Waals surface area contributed by atoms with E-state index < -0.39 is 0 Å². The summed E-state index contributed by atoms with van der Waals surface area (Å²) in [4.78, 5) is 30.6. The van der Waals surface area contributed by atoms with Gasteiger partial charge in [-0.25, -0.2) is 0 Å². The van der Waals surface area contributed by atoms with Gasteiger partial charge in [-0.05, 0) is 55.0 Å². The molecular weight excluding hydrogens is 402 g/mol. The molecule has 0 spiro atoms. The van der Waals surface area contributed by atoms with E-state index in [9.17, 15) is 9.59 Å². The van der Waals surface area contributed by atoms with Crippen LogP contribution in [-0.4, -0.2) is 48.4 Å². The number of fused-ring (bicyclic) bond motifs is 1. The number of methoxy groups -OCH3 is 1. The van der Waals surface area contributed by atoms with Gasteiger partial charge in [-0.15, -0.1) is 0 Å². The van der Waals surface area contributed by atoms with E-state index in [1.54, 1.807) is 7.11 Å². The van der Waals surface area contributed by atoms with Gasteiger partial charge in [0.25, 0.3) is 0 Å². The number of para-hydroxylation sites is 1. The third-order valence-electron chi connectivity index (χ3n) is 6.30. The number of nitrogens with zero attached hydrogens (tertiary/aromatic N) is 1. The van der Waals surface area contributed by atoms with E-state index in [1.807, 2.05) is 53.6 Å². The number of rotatable bonds is 8. The highest BCUT2D eigenvalue weighted by atomic mass is 16.5. The zero-order valence-corrected chi connectivity index (χ0v) is 18.6. The summed E-state index contributed by atoms with van der Waals surface area (Å²) in [6.45, 7) is 1.85. The van der Waals surface area contributed by atoms with Gasteiger partial charge in [0.1, 0.15) is 5.75 Å². The molecule has 2 amide bonds. The average Bonchev–Trinajstić information content (AvgIpc) is 3.26. The number of piperidine rings is 1. The van der Waals surface area contributed by atoms with Crippen LogP contribution >= 0.6 is 0 Å². The van der Waals surface area contributed by atoms with E-state index in [0.717, 1.165) is 42.6 Å². The average molecular weight is 434 g/mol. The van der Waals surface area contributed by atoms with Gasteiger partial charge >= 0.3 is 0 Å². The van der Waals surface area contributed by atoms with Crippen LogP contribution in [0, 0.1) is 5.92 Å². The predicted octanol–water partition coefficient (Wildman–Crippen LogP) is 3.71. The number of ether oxygens (including phenoxy) is 1. The first-order valence-corrected chi connectivity index (χ1v) is 11.4. The van der Waals surface area contributed by atoms with Crippen molar-refractivity contribution in [2.75, 3.05) is 26.7 Å². The van der Waals surface area contributed by atoms with E-state index >= 15 is 0 Å². The van der Waals surface area contributed by atoms with E-state index in [4.69, 9.17) is 4.74 Å². The minimum Gasteiger partial charge on any atom is -0.497 e. The fourth-order valence-corrected chi connectivity index (χ4v) is 4.42. The highest BCUT2D eigenvalue weighted by Gasteiger charge is 2.28. The van der Waals surface area contributed by atoms with Crippen LogP contribution in [0.25, 0.3) is 10.9 Å². The summed E-state index contributed by atoms with van der Waals surface area (Å²) in [6.07, 6.45) is 5.64. The molecule has 0 radical (unpaired) electrons. The van der Waals surface area contributed by atoms with Crippen molar-refractivity contribution in [3.8, 4) is 5.75 Å². The Morgan fingerprint density at radius 2 is 1.94 bits per heavy atom. The summed E-state index contributed by atoms with van der Waals surface area (Å²) in [6, 6.07) is 16.0. The van der Waals surface area contributed by atoms with Gasteiger partial charge < -0.3 is 19.9 Å². The Morgan fingerprint density at radius 1 is 1.12 bits per heavy atom. The molecule has 2 aromatic carbocycles. The maximum absolute atomic E-state index is 12.8. The van der Waals surface area contributed by atoms with E-state index in [1.165, 1.54) is 10.9 Å². The second kappa shape index (κ2) is 10.4. The minimum atomic E-state index is -0.128. The quantitative estimate of drug-likeness (QED) is 0.569. The Kier molecular flexibility index (Phi) is 7.10. The molecule has 0 aliphatic carbocycles. The van der Waals surface area contributed by atoms with Gasteiger partial charge in [0, 0.05) is 43.2 Å². The van der Waals surface area contributed by atoms with Crippen molar-refractivity contribution >= 4 is 22.7 Å². The Bertz CT molecular complexity index is 1060. The second-order valence-corrected chi connectivity index (χ2v) is 8.43. The number of hydrogen-bond donors (Lipinski definition) is 2. The smallest absolute Gasteiger partial charge is 0.224 e. The Morgan fingerprint density at radius 3 is 2.75 bits per heavy atom. The molecular formula is C26H31N3O3. The third-order valence-corrected chi connectivity index (χ3v) is 6.30. The van der Waals surface area contributed by atoms with Crippen molar-refractivity contribution in [3.05, 3.63) is 65.9 Å². The largest absolute Gasteiger partial charge is 0.497 e. The summed E-state index contributed by atoms with van der Waals surface area (Å²) in [5.41, 5.74) is 3.42. The van der Waals surface area contributed by atoms with Crippen LogP contribution in [0.2, 0.25) is 0 Å². The number of likely N-dealkylation sites (tertiary alicyclic amines) is 1. The molecule has 4 rings (SSSR count). The highest BCUT2D eigenvalue weighted by Crippen LogP contribution is 2.21. The van der Waals surface area contributed by atoms with Gasteiger partial charge in [0.15, 0.2) is 0 Å². The van der Waals surface area contributed by atoms with Crippen LogP contribution in [0.1, 0.15) is 30.4 Å². The number of carbonyl (C=O) groups excluding carboxylic acids is 2. The molecule has 1 aliphatic rings. The van der Waals surface area contributed by atoms with Crippen LogP contribution < -0.4 is 10.1 Å². The maximum atomic E-state index is 12.8. The van der Waals surface area contributed by atoms with Crippen molar-refractivity contribution in [1.29, 1.82) is 0 Å². The lowest BCUT2D eigenvalue weighted by molar-refractivity contribution is -0.135. The molecule has 32 heavy (non-hydrogen) atoms. The number of amides is 2. The highest BCUT2D eigenvalue weighted by molar-refractivity contribution is 5.84. The number of aryl methyl sites for hydroxylation is 1. The van der Waals surface area contributed by atoms with E-state index in [-0.39, 0.29) is 17.7 Å². The third kappa shape index (κ3) is 5.31. The predicted molar refractivity (Wildman–Crippen MR) is 126 cm³/mol. The molecule has 1 aliphatic heterocycles. The van der Waals surface area contributed by atoms with Gasteiger partial charge in [0.2, 0.25) is 11.8 Å². The Hall–Kier alpha value is -3.28. The zero-order valence-electron chi connectivity index (χ0n) is 18.6. The fourth-order valence-electron chi connectivity index (χ4n) is 4.42. The first-order chi connectivity index (χ1) is 15.6. The molecule has 1 saturated heterocycles. The number of aromatic amines is 1. The minimum absolute atomic E-state index is 0.0487. The number of benzene rings is 2. The molecule has 168 valence electrons. The molecule has 0 bridgehead atoms. The van der Waals surface area contributed by atoms with Crippen molar-refractivity contribution < 1.29 is 14.3 Å². The van der Waals surface area contributed by atoms with E-state index in [0.29, 0.717) is 25.9 Å². The van der Waals surface area contributed by atoms with Gasteiger partial charge in [0.05, 0.1) is 13.0 Å². The summed E-state index contributed by atoms with van der Waals surface area (Å²) in [5.74, 6) is 0.879. The molecule has 2 N–H and O–H groups in total. The molecule has 6 heteroatoms. The summed E-state index contributed by atoms with van der Waals surface area (Å²) < 4.78 is 5.17. The molecule has 1 atom stereocenters. The van der Waals surface area contributed by atoms with Crippen LogP contribution in [-0.2, 0) is 22.4 Å². The Balaban J connectivity index is 1.23. The molecule has 6 nitrogen and oxygen atoms in total. The van der Waals surface area contributed by atoms with Crippen LogP contribution in [0.5, 0.6) is 5.75 Å². The summed E-state index contributed by atoms with van der Waals surface area (Å²) in [7, 11) is 1.65. The normalized spacial score (nSPS) is 16.2. The zero-order chi connectivity index (χ0) is 22.3. The number of nitrogens with one attached hydrogen (secondary N) is 2. The maximum Gasteiger partial charge on any atom is 0.224 e. The number of H-pyrrole nitrogens is 1. The molecule has 0 saturated carbocycles. The van der Waals surface area contributed by atoms with Crippen LogP contribution in [0.4, 0.5) is 0 Å². The van der Waals surface area contributed by atoms with Gasteiger partial charge in [-0.2, -0.15) is 0 Å². The van der Waals surface area contributed by atoms with Crippen molar-refractivity contribution in [2.24, 2.45) is 5.92 Å². The van der Waals surface area contributed by atoms with Crippen LogP contribution in [0.3, 0.4) is 0 Å². The fraction of sp³-hybridized carbons (Fsp3) is 0.385. The number of carbonyl (C=O) groups is 2. The monoisotopic (exact) mass is 433 g/mol. The molecule has 1 fully saturated rings. The number of hydrogen-bond acceptors (Lipinski definition) is 3. The summed E-state index contributed by atoms with van der Waals surface area (Å²) >= 11 is 0.